The molecule has 3 N–H and O–H groups in total. The number of piperazine rings is 1. The van der Waals surface area contributed by atoms with Crippen molar-refractivity contribution in [2.75, 3.05) is 33.2 Å². The average molecular weight is 463 g/mol. The van der Waals surface area contributed by atoms with Gasteiger partial charge in [-0.3, -0.25) is 9.59 Å². The van der Waals surface area contributed by atoms with E-state index >= 15 is 0 Å². The molecule has 0 aliphatic carbocycles. The number of aromatic amines is 1. The lowest BCUT2D eigenvalue weighted by molar-refractivity contribution is -0.137. The zero-order chi connectivity index (χ0) is 23.8. The van der Waals surface area contributed by atoms with E-state index in [-0.39, 0.29) is 24.3 Å². The van der Waals surface area contributed by atoms with Crippen LogP contribution in [-0.4, -0.2) is 85.9 Å². The molecule has 4 rings (SSSR count). The van der Waals surface area contributed by atoms with E-state index in [1.807, 2.05) is 11.9 Å². The van der Waals surface area contributed by atoms with E-state index in [2.05, 4.69) is 25.3 Å². The molecule has 0 saturated carbocycles. The maximum absolute atomic E-state index is 13.1. The maximum atomic E-state index is 13.1. The number of aromatic hydroxyl groups is 1. The van der Waals surface area contributed by atoms with Gasteiger partial charge in [-0.25, -0.2) is 15.0 Å². The van der Waals surface area contributed by atoms with Crippen molar-refractivity contribution in [2.45, 2.75) is 12.2 Å². The van der Waals surface area contributed by atoms with Gasteiger partial charge in [-0.05, 0) is 25.2 Å². The Hall–Kier alpha value is -3.74. The molecule has 1 atom stereocenters. The van der Waals surface area contributed by atoms with Crippen LogP contribution < -0.4 is 5.32 Å². The first-order chi connectivity index (χ1) is 15.6. The minimum atomic E-state index is -4.64. The smallest absolute Gasteiger partial charge is 0.416 e. The number of aromatic nitrogens is 4. The molecule has 33 heavy (non-hydrogen) atoms. The van der Waals surface area contributed by atoms with Crippen LogP contribution >= 0.6 is 0 Å². The number of imidazole rings is 1. The van der Waals surface area contributed by atoms with Crippen LogP contribution in [0.3, 0.4) is 0 Å². The third-order valence-electron chi connectivity index (χ3n) is 5.44. The van der Waals surface area contributed by atoms with Gasteiger partial charge < -0.3 is 25.2 Å². The number of fused-ring (bicyclic) bond motifs is 1. The molecule has 3 aromatic rings. The highest BCUT2D eigenvalue weighted by Crippen LogP contribution is 2.33. The third kappa shape index (κ3) is 4.58. The number of halogens is 3. The van der Waals surface area contributed by atoms with E-state index in [9.17, 15) is 27.9 Å². The number of rotatable bonds is 4. The number of alkyl halides is 3. The van der Waals surface area contributed by atoms with E-state index in [0.29, 0.717) is 30.3 Å². The van der Waals surface area contributed by atoms with E-state index in [0.717, 1.165) is 12.1 Å². The second-order valence-electron chi connectivity index (χ2n) is 7.68. The summed E-state index contributed by atoms with van der Waals surface area (Å²) >= 11 is 0. The van der Waals surface area contributed by atoms with E-state index in [1.54, 1.807) is 0 Å². The number of hydrogen-bond donors (Lipinski definition) is 3. The fraction of sp³-hybridized carbons (Fsp3) is 0.350. The van der Waals surface area contributed by atoms with Gasteiger partial charge in [-0.1, -0.05) is 0 Å². The van der Waals surface area contributed by atoms with Gasteiger partial charge in [0, 0.05) is 26.2 Å². The molecule has 0 bridgehead atoms. The predicted octanol–water partition coefficient (Wildman–Crippen LogP) is 1.26. The van der Waals surface area contributed by atoms with Crippen LogP contribution in [0.4, 0.5) is 13.2 Å². The van der Waals surface area contributed by atoms with Crippen molar-refractivity contribution in [3.63, 3.8) is 0 Å². The number of phenolic OH excluding ortho intramolecular Hbond substituents is 1. The van der Waals surface area contributed by atoms with Crippen molar-refractivity contribution in [3.8, 4) is 5.75 Å². The van der Waals surface area contributed by atoms with Crippen molar-refractivity contribution in [2.24, 2.45) is 0 Å². The molecule has 1 aliphatic heterocycles. The Kier molecular flexibility index (Phi) is 5.89. The molecule has 0 radical (unpaired) electrons. The molecule has 2 aromatic heterocycles. The number of H-pyrrole nitrogens is 1. The van der Waals surface area contributed by atoms with Crippen molar-refractivity contribution < 1.29 is 27.9 Å². The molecule has 1 aromatic carbocycles. The summed E-state index contributed by atoms with van der Waals surface area (Å²) in [5.41, 5.74) is -0.479. The van der Waals surface area contributed by atoms with Crippen LogP contribution in [0.5, 0.6) is 5.75 Å². The Morgan fingerprint density at radius 3 is 2.76 bits per heavy atom. The Balaban J connectivity index is 1.51. The van der Waals surface area contributed by atoms with Crippen molar-refractivity contribution in [1.29, 1.82) is 0 Å². The van der Waals surface area contributed by atoms with Crippen molar-refractivity contribution in [1.82, 2.24) is 35.1 Å². The largest absolute Gasteiger partial charge is 0.507 e. The zero-order valence-corrected chi connectivity index (χ0v) is 17.4. The highest BCUT2D eigenvalue weighted by molar-refractivity contribution is 6.02. The van der Waals surface area contributed by atoms with Crippen LogP contribution in [-0.2, 0) is 6.18 Å². The zero-order valence-electron chi connectivity index (χ0n) is 17.4. The summed E-state index contributed by atoms with van der Waals surface area (Å²) in [7, 11) is 1.85. The van der Waals surface area contributed by atoms with Gasteiger partial charge in [0.05, 0.1) is 23.5 Å². The number of carbonyl (C=O) groups excluding carboxylic acids is 2. The second kappa shape index (κ2) is 8.65. The highest BCUT2D eigenvalue weighted by atomic mass is 19.4. The molecule has 1 saturated heterocycles. The van der Waals surface area contributed by atoms with Crippen LogP contribution in [0.15, 0.2) is 30.9 Å². The number of amides is 2. The molecule has 1 unspecified atom stereocenters. The summed E-state index contributed by atoms with van der Waals surface area (Å²) in [6.45, 7) is 1.28. The van der Waals surface area contributed by atoms with Gasteiger partial charge in [0.1, 0.15) is 17.6 Å². The first-order valence-corrected chi connectivity index (χ1v) is 9.97. The number of phenols is 1. The molecule has 10 nitrogen and oxygen atoms in total. The summed E-state index contributed by atoms with van der Waals surface area (Å²) in [6.07, 6.45) is -2.03. The van der Waals surface area contributed by atoms with Gasteiger partial charge >= 0.3 is 6.18 Å². The lowest BCUT2D eigenvalue weighted by Gasteiger charge is -2.40. The van der Waals surface area contributed by atoms with E-state index in [1.165, 1.54) is 17.6 Å². The molecule has 0 spiro atoms. The molecule has 2 amide bonds. The fourth-order valence-corrected chi connectivity index (χ4v) is 3.73. The van der Waals surface area contributed by atoms with Crippen molar-refractivity contribution in [3.05, 3.63) is 47.7 Å². The first-order valence-electron chi connectivity index (χ1n) is 9.97. The van der Waals surface area contributed by atoms with Gasteiger partial charge in [0.25, 0.3) is 11.8 Å². The minimum absolute atomic E-state index is 0.0654. The van der Waals surface area contributed by atoms with E-state index < -0.39 is 35.3 Å². The molecule has 174 valence electrons. The summed E-state index contributed by atoms with van der Waals surface area (Å²) in [5, 5.41) is 12.8. The average Bonchev–Trinajstić information content (AvgIpc) is 3.25. The van der Waals surface area contributed by atoms with Crippen LogP contribution in [0.1, 0.15) is 26.4 Å². The summed E-state index contributed by atoms with van der Waals surface area (Å²) in [5.74, 6) is -1.87. The van der Waals surface area contributed by atoms with E-state index in [4.69, 9.17) is 0 Å². The molecule has 1 fully saturated rings. The highest BCUT2D eigenvalue weighted by Gasteiger charge is 2.34. The van der Waals surface area contributed by atoms with Gasteiger partial charge in [-0.15, -0.1) is 0 Å². The predicted molar refractivity (Wildman–Crippen MR) is 109 cm³/mol. The molecular formula is C20H20F3N7O3. The Morgan fingerprint density at radius 2 is 2.03 bits per heavy atom. The lowest BCUT2D eigenvalue weighted by atomic mass is 10.1. The Bertz CT molecular complexity index is 1200. The van der Waals surface area contributed by atoms with Crippen LogP contribution in [0, 0.1) is 0 Å². The van der Waals surface area contributed by atoms with Gasteiger partial charge in [0.15, 0.2) is 11.3 Å². The molecule has 13 heteroatoms. The summed E-state index contributed by atoms with van der Waals surface area (Å²) in [6, 6.07) is 1.76. The quantitative estimate of drug-likeness (QED) is 0.532. The number of benzene rings is 1. The molecular weight excluding hydrogens is 443 g/mol. The topological polar surface area (TPSA) is 127 Å². The monoisotopic (exact) mass is 463 g/mol. The van der Waals surface area contributed by atoms with Gasteiger partial charge in [-0.2, -0.15) is 13.2 Å². The first kappa shape index (κ1) is 22.5. The lowest BCUT2D eigenvalue weighted by Crippen LogP contribution is -2.57. The number of nitrogens with zero attached hydrogens (tertiary/aromatic N) is 5. The summed E-state index contributed by atoms with van der Waals surface area (Å²) in [4.78, 5) is 43.9. The molecule has 1 aliphatic rings. The SMILES string of the molecule is CN1CCN(C(=O)c2ccc(C(F)(F)F)cc2O)C(CNC(=O)c2ncnc3nc[nH]c23)C1. The van der Waals surface area contributed by atoms with Gasteiger partial charge in [0.2, 0.25) is 0 Å². The maximum Gasteiger partial charge on any atom is 0.416 e. The number of nitrogens with one attached hydrogen (secondary N) is 2. The summed E-state index contributed by atoms with van der Waals surface area (Å²) < 4.78 is 38.7. The normalized spacial score (nSPS) is 17.3. The number of likely N-dealkylation sites (N-methyl/N-ethyl adjacent to an activating group) is 1. The van der Waals surface area contributed by atoms with Crippen molar-refractivity contribution >= 4 is 23.0 Å². The second-order valence-corrected chi connectivity index (χ2v) is 7.68. The minimum Gasteiger partial charge on any atom is -0.507 e. The third-order valence-corrected chi connectivity index (χ3v) is 5.44. The van der Waals surface area contributed by atoms with Crippen LogP contribution in [0.2, 0.25) is 0 Å². The number of carbonyl (C=O) groups is 2. The Labute approximate surface area is 185 Å². The van der Waals surface area contributed by atoms with Crippen LogP contribution in [0.25, 0.3) is 11.2 Å². The Morgan fingerprint density at radius 1 is 1.24 bits per heavy atom. The fourth-order valence-electron chi connectivity index (χ4n) is 3.73. The molecule has 3 heterocycles. The standard InChI is InChI=1S/C20H20F3N7O3/c1-29-4-5-30(19(33)13-3-2-11(6-14(13)31)20(21,22)23)12(8-29)7-24-18(32)16-15-17(27-9-25-15)28-10-26-16/h2-3,6,9-10,12,31H,4-5,7-8H2,1H3,(H,24,32)(H,25,26,27,28). The number of hydrogen-bond acceptors (Lipinski definition) is 7.